The molecular formula is C12H19N3OS. The zero-order chi connectivity index (χ0) is 12.3. The number of nitrogens with zero attached hydrogens (tertiary/aromatic N) is 3. The van der Waals surface area contributed by atoms with Crippen LogP contribution >= 0.6 is 11.3 Å². The quantitative estimate of drug-likeness (QED) is 0.824. The minimum Gasteiger partial charge on any atom is -0.297 e. The normalized spacial score (nSPS) is 16.4. The Balaban J connectivity index is 2.01. The van der Waals surface area contributed by atoms with Gasteiger partial charge in [0.2, 0.25) is 5.91 Å². The van der Waals surface area contributed by atoms with Gasteiger partial charge in [0.1, 0.15) is 0 Å². The van der Waals surface area contributed by atoms with Gasteiger partial charge < -0.3 is 0 Å². The number of likely N-dealkylation sites (tertiary alicyclic amines) is 1. The molecule has 0 aromatic carbocycles. The first-order valence-electron chi connectivity index (χ1n) is 6.15. The molecule has 1 amide bonds. The molecule has 1 fully saturated rings. The van der Waals surface area contributed by atoms with Crippen molar-refractivity contribution < 1.29 is 4.79 Å². The van der Waals surface area contributed by atoms with Gasteiger partial charge in [0.05, 0.1) is 5.69 Å². The molecule has 0 spiro atoms. The number of anilines is 1. The minimum absolute atomic E-state index is 0.0644. The second kappa shape index (κ2) is 5.60. The van der Waals surface area contributed by atoms with Crippen LogP contribution in [-0.2, 0) is 11.3 Å². The lowest BCUT2D eigenvalue weighted by atomic mass is 10.4. The molecule has 1 saturated heterocycles. The van der Waals surface area contributed by atoms with E-state index in [4.69, 9.17) is 0 Å². The van der Waals surface area contributed by atoms with Crippen molar-refractivity contribution in [1.82, 2.24) is 9.88 Å². The van der Waals surface area contributed by atoms with E-state index in [-0.39, 0.29) is 5.91 Å². The summed E-state index contributed by atoms with van der Waals surface area (Å²) in [7, 11) is 0. The number of aromatic nitrogens is 1. The highest BCUT2D eigenvalue weighted by Crippen LogP contribution is 2.22. The van der Waals surface area contributed by atoms with Crippen LogP contribution in [0.2, 0.25) is 0 Å². The van der Waals surface area contributed by atoms with E-state index in [1.54, 1.807) is 23.2 Å². The van der Waals surface area contributed by atoms with Crippen molar-refractivity contribution in [3.63, 3.8) is 0 Å². The van der Waals surface area contributed by atoms with Gasteiger partial charge in [0.25, 0.3) is 0 Å². The standard InChI is InChI=1S/C12H19N3OS/c1-3-15(10(2)16)12-13-11(9-17-12)8-14-6-4-5-7-14/h9H,3-8H2,1-2H3. The molecule has 1 aromatic rings. The van der Waals surface area contributed by atoms with E-state index >= 15 is 0 Å². The molecule has 0 radical (unpaired) electrons. The Hall–Kier alpha value is -0.940. The molecular weight excluding hydrogens is 234 g/mol. The molecule has 0 N–H and O–H groups in total. The summed E-state index contributed by atoms with van der Waals surface area (Å²) in [5, 5.41) is 2.90. The van der Waals surface area contributed by atoms with Crippen molar-refractivity contribution in [3.05, 3.63) is 11.1 Å². The number of thiazole rings is 1. The first-order valence-corrected chi connectivity index (χ1v) is 7.03. The second-order valence-electron chi connectivity index (χ2n) is 4.37. The third kappa shape index (κ3) is 3.04. The Morgan fingerprint density at radius 1 is 1.53 bits per heavy atom. The topological polar surface area (TPSA) is 36.4 Å². The fraction of sp³-hybridized carbons (Fsp3) is 0.667. The molecule has 17 heavy (non-hydrogen) atoms. The highest BCUT2D eigenvalue weighted by molar-refractivity contribution is 7.14. The Morgan fingerprint density at radius 2 is 2.24 bits per heavy atom. The molecule has 94 valence electrons. The molecule has 0 unspecified atom stereocenters. The maximum atomic E-state index is 11.4. The minimum atomic E-state index is 0.0644. The van der Waals surface area contributed by atoms with Gasteiger partial charge >= 0.3 is 0 Å². The van der Waals surface area contributed by atoms with Crippen LogP contribution in [0.3, 0.4) is 0 Å². The maximum Gasteiger partial charge on any atom is 0.225 e. The lowest BCUT2D eigenvalue weighted by molar-refractivity contribution is -0.116. The number of amides is 1. The predicted molar refractivity (Wildman–Crippen MR) is 70.3 cm³/mol. The summed E-state index contributed by atoms with van der Waals surface area (Å²) in [4.78, 5) is 20.1. The molecule has 0 saturated carbocycles. The Kier molecular flexibility index (Phi) is 4.12. The van der Waals surface area contributed by atoms with Crippen molar-refractivity contribution in [2.75, 3.05) is 24.5 Å². The maximum absolute atomic E-state index is 11.4. The zero-order valence-corrected chi connectivity index (χ0v) is 11.3. The largest absolute Gasteiger partial charge is 0.297 e. The monoisotopic (exact) mass is 253 g/mol. The van der Waals surface area contributed by atoms with E-state index in [1.165, 1.54) is 25.9 Å². The second-order valence-corrected chi connectivity index (χ2v) is 5.20. The molecule has 5 heteroatoms. The zero-order valence-electron chi connectivity index (χ0n) is 10.5. The van der Waals surface area contributed by atoms with Crippen LogP contribution in [0.5, 0.6) is 0 Å². The molecule has 2 rings (SSSR count). The summed E-state index contributed by atoms with van der Waals surface area (Å²) < 4.78 is 0. The fourth-order valence-corrected chi connectivity index (χ4v) is 3.08. The molecule has 0 bridgehead atoms. The first-order chi connectivity index (χ1) is 8.20. The highest BCUT2D eigenvalue weighted by atomic mass is 32.1. The third-order valence-electron chi connectivity index (χ3n) is 3.05. The van der Waals surface area contributed by atoms with Gasteiger partial charge in [-0.25, -0.2) is 4.98 Å². The van der Waals surface area contributed by atoms with Crippen LogP contribution in [0.15, 0.2) is 5.38 Å². The van der Waals surface area contributed by atoms with Gasteiger partial charge in [-0.1, -0.05) is 0 Å². The van der Waals surface area contributed by atoms with Crippen LogP contribution in [0, 0.1) is 0 Å². The Morgan fingerprint density at radius 3 is 2.82 bits per heavy atom. The average molecular weight is 253 g/mol. The van der Waals surface area contributed by atoms with Crippen molar-refractivity contribution >= 4 is 22.4 Å². The van der Waals surface area contributed by atoms with Crippen LogP contribution in [-0.4, -0.2) is 35.4 Å². The summed E-state index contributed by atoms with van der Waals surface area (Å²) in [5.41, 5.74) is 1.09. The van der Waals surface area contributed by atoms with Gasteiger partial charge in [-0.2, -0.15) is 0 Å². The average Bonchev–Trinajstić information content (AvgIpc) is 2.91. The molecule has 0 aliphatic carbocycles. The number of carbonyl (C=O) groups is 1. The summed E-state index contributed by atoms with van der Waals surface area (Å²) in [6.07, 6.45) is 2.59. The first kappa shape index (κ1) is 12.5. The third-order valence-corrected chi connectivity index (χ3v) is 3.96. The smallest absolute Gasteiger partial charge is 0.225 e. The molecule has 1 aliphatic heterocycles. The van der Waals surface area contributed by atoms with Gasteiger partial charge in [-0.05, 0) is 32.9 Å². The van der Waals surface area contributed by atoms with E-state index in [9.17, 15) is 4.79 Å². The SMILES string of the molecule is CCN(C(C)=O)c1nc(CN2CCCC2)cs1. The number of hydrogen-bond acceptors (Lipinski definition) is 4. The number of hydrogen-bond donors (Lipinski definition) is 0. The van der Waals surface area contributed by atoms with Crippen molar-refractivity contribution in [2.24, 2.45) is 0 Å². The van der Waals surface area contributed by atoms with Crippen LogP contribution in [0.25, 0.3) is 0 Å². The molecule has 0 atom stereocenters. The van der Waals surface area contributed by atoms with Gasteiger partial charge in [0, 0.05) is 25.4 Å². The Bertz CT molecular complexity index is 385. The highest BCUT2D eigenvalue weighted by Gasteiger charge is 2.16. The van der Waals surface area contributed by atoms with Gasteiger partial charge in [-0.15, -0.1) is 11.3 Å². The number of rotatable bonds is 4. The molecule has 4 nitrogen and oxygen atoms in total. The summed E-state index contributed by atoms with van der Waals surface area (Å²) in [6.45, 7) is 7.53. The summed E-state index contributed by atoms with van der Waals surface area (Å²) in [6, 6.07) is 0. The van der Waals surface area contributed by atoms with Gasteiger partial charge in [-0.3, -0.25) is 14.6 Å². The van der Waals surface area contributed by atoms with Crippen molar-refractivity contribution in [2.45, 2.75) is 33.2 Å². The van der Waals surface area contributed by atoms with Crippen molar-refractivity contribution in [1.29, 1.82) is 0 Å². The molecule has 1 aliphatic rings. The van der Waals surface area contributed by atoms with E-state index in [0.29, 0.717) is 6.54 Å². The fourth-order valence-electron chi connectivity index (χ4n) is 2.16. The predicted octanol–water partition coefficient (Wildman–Crippen LogP) is 2.11. The van der Waals surface area contributed by atoms with Crippen LogP contribution in [0.4, 0.5) is 5.13 Å². The summed E-state index contributed by atoms with van der Waals surface area (Å²) in [5.74, 6) is 0.0644. The molecule has 1 aromatic heterocycles. The van der Waals surface area contributed by atoms with Crippen LogP contribution < -0.4 is 4.90 Å². The number of carbonyl (C=O) groups excluding carboxylic acids is 1. The van der Waals surface area contributed by atoms with E-state index in [0.717, 1.165) is 17.4 Å². The molecule has 2 heterocycles. The van der Waals surface area contributed by atoms with Gasteiger partial charge in [0.15, 0.2) is 5.13 Å². The van der Waals surface area contributed by atoms with E-state index < -0.39 is 0 Å². The van der Waals surface area contributed by atoms with E-state index in [2.05, 4.69) is 15.3 Å². The van der Waals surface area contributed by atoms with Crippen molar-refractivity contribution in [3.8, 4) is 0 Å². The van der Waals surface area contributed by atoms with E-state index in [1.807, 2.05) is 6.92 Å². The summed E-state index contributed by atoms with van der Waals surface area (Å²) >= 11 is 1.56. The lowest BCUT2D eigenvalue weighted by Crippen LogP contribution is -2.27. The lowest BCUT2D eigenvalue weighted by Gasteiger charge is -2.15. The Labute approximate surface area is 106 Å². The van der Waals surface area contributed by atoms with Crippen LogP contribution in [0.1, 0.15) is 32.4 Å².